The topological polar surface area (TPSA) is 58.4 Å². The van der Waals surface area contributed by atoms with Crippen molar-refractivity contribution in [3.63, 3.8) is 0 Å². The van der Waals surface area contributed by atoms with Gasteiger partial charge in [0.2, 0.25) is 0 Å². The largest absolute Gasteiger partial charge is 0.318 e. The maximum absolute atomic E-state index is 10.7. The van der Waals surface area contributed by atoms with Crippen molar-refractivity contribution in [2.45, 2.75) is 26.2 Å². The van der Waals surface area contributed by atoms with Gasteiger partial charge in [0.05, 0.1) is 10.6 Å². The van der Waals surface area contributed by atoms with Crippen molar-refractivity contribution in [2.24, 2.45) is 0 Å². The zero-order chi connectivity index (χ0) is 12.3. The van der Waals surface area contributed by atoms with Crippen molar-refractivity contribution in [3.8, 4) is 0 Å². The molecule has 1 heterocycles. The van der Waals surface area contributed by atoms with Gasteiger partial charge in [-0.15, -0.1) is 0 Å². The standard InChI is InChI=1S/C12H17N3O2/c1-10-5-6-11(15(16)17)9-12(10)13-14-7-3-2-4-8-14/h5-6,9,13H,2-4,7-8H2,1H3. The van der Waals surface area contributed by atoms with Crippen LogP contribution in [-0.4, -0.2) is 23.0 Å². The van der Waals surface area contributed by atoms with Crippen molar-refractivity contribution < 1.29 is 4.92 Å². The van der Waals surface area contributed by atoms with Crippen molar-refractivity contribution in [1.82, 2.24) is 5.01 Å². The van der Waals surface area contributed by atoms with E-state index < -0.39 is 0 Å². The van der Waals surface area contributed by atoms with E-state index in [0.717, 1.165) is 24.3 Å². The van der Waals surface area contributed by atoms with E-state index in [2.05, 4.69) is 10.4 Å². The average molecular weight is 235 g/mol. The Morgan fingerprint density at radius 1 is 1.29 bits per heavy atom. The Hall–Kier alpha value is -1.62. The number of piperidine rings is 1. The lowest BCUT2D eigenvalue weighted by molar-refractivity contribution is -0.384. The summed E-state index contributed by atoms with van der Waals surface area (Å²) in [6.45, 7) is 3.96. The fraction of sp³-hybridized carbons (Fsp3) is 0.500. The van der Waals surface area contributed by atoms with Gasteiger partial charge in [-0.1, -0.05) is 12.5 Å². The van der Waals surface area contributed by atoms with Crippen LogP contribution in [0.15, 0.2) is 18.2 Å². The second kappa shape index (κ2) is 5.14. The molecular formula is C12H17N3O2. The highest BCUT2D eigenvalue weighted by atomic mass is 16.6. The first-order valence-electron chi connectivity index (χ1n) is 5.93. The number of aryl methyl sites for hydroxylation is 1. The summed E-state index contributed by atoms with van der Waals surface area (Å²) >= 11 is 0. The Morgan fingerprint density at radius 3 is 2.65 bits per heavy atom. The third kappa shape index (κ3) is 2.94. The van der Waals surface area contributed by atoms with Gasteiger partial charge in [0.15, 0.2) is 0 Å². The first-order valence-corrected chi connectivity index (χ1v) is 5.93. The van der Waals surface area contributed by atoms with Crippen molar-refractivity contribution in [1.29, 1.82) is 0 Å². The number of non-ortho nitro benzene ring substituents is 1. The SMILES string of the molecule is Cc1ccc([N+](=O)[O-])cc1NN1CCCCC1. The number of nitrogens with zero attached hydrogens (tertiary/aromatic N) is 2. The summed E-state index contributed by atoms with van der Waals surface area (Å²) < 4.78 is 0. The van der Waals surface area contributed by atoms with E-state index >= 15 is 0 Å². The molecule has 1 aromatic rings. The second-order valence-corrected chi connectivity index (χ2v) is 4.42. The summed E-state index contributed by atoms with van der Waals surface area (Å²) in [6, 6.07) is 4.92. The summed E-state index contributed by atoms with van der Waals surface area (Å²) in [7, 11) is 0. The predicted octanol–water partition coefficient (Wildman–Crippen LogP) is 2.72. The Balaban J connectivity index is 2.13. The number of rotatable bonds is 3. The Bertz CT molecular complexity index is 414. The van der Waals surface area contributed by atoms with Crippen LogP contribution in [0.4, 0.5) is 11.4 Å². The number of hydrogen-bond acceptors (Lipinski definition) is 4. The van der Waals surface area contributed by atoms with Gasteiger partial charge >= 0.3 is 0 Å². The molecule has 0 bridgehead atoms. The van der Waals surface area contributed by atoms with E-state index in [1.54, 1.807) is 12.1 Å². The summed E-state index contributed by atoms with van der Waals surface area (Å²) in [6.07, 6.45) is 3.63. The van der Waals surface area contributed by atoms with Crippen LogP contribution in [0.5, 0.6) is 0 Å². The second-order valence-electron chi connectivity index (χ2n) is 4.42. The zero-order valence-electron chi connectivity index (χ0n) is 9.98. The molecule has 0 saturated carbocycles. The first-order chi connectivity index (χ1) is 8.16. The van der Waals surface area contributed by atoms with Gasteiger partial charge in [0, 0.05) is 25.2 Å². The maximum atomic E-state index is 10.7. The zero-order valence-corrected chi connectivity index (χ0v) is 9.98. The molecule has 0 atom stereocenters. The quantitative estimate of drug-likeness (QED) is 0.646. The van der Waals surface area contributed by atoms with Crippen molar-refractivity contribution >= 4 is 11.4 Å². The van der Waals surface area contributed by atoms with E-state index in [0.29, 0.717) is 0 Å². The molecule has 17 heavy (non-hydrogen) atoms. The van der Waals surface area contributed by atoms with E-state index in [1.807, 2.05) is 6.92 Å². The lowest BCUT2D eigenvalue weighted by Crippen LogP contribution is -2.35. The van der Waals surface area contributed by atoms with Crippen LogP contribution < -0.4 is 5.43 Å². The van der Waals surface area contributed by atoms with Crippen LogP contribution in [0.3, 0.4) is 0 Å². The summed E-state index contributed by atoms with van der Waals surface area (Å²) in [5.74, 6) is 0. The van der Waals surface area contributed by atoms with Crippen LogP contribution in [0, 0.1) is 17.0 Å². The van der Waals surface area contributed by atoms with E-state index in [1.165, 1.54) is 25.3 Å². The number of hydrazine groups is 1. The molecule has 5 heteroatoms. The van der Waals surface area contributed by atoms with Crippen LogP contribution in [-0.2, 0) is 0 Å². The molecule has 0 amide bonds. The Labute approximate surface area is 101 Å². The molecule has 2 rings (SSSR count). The minimum absolute atomic E-state index is 0.134. The molecule has 92 valence electrons. The van der Waals surface area contributed by atoms with Gasteiger partial charge in [-0.3, -0.25) is 10.1 Å². The van der Waals surface area contributed by atoms with Gasteiger partial charge < -0.3 is 5.43 Å². The number of benzene rings is 1. The van der Waals surface area contributed by atoms with Crippen LogP contribution in [0.25, 0.3) is 0 Å². The minimum Gasteiger partial charge on any atom is -0.318 e. The minimum atomic E-state index is -0.360. The third-order valence-corrected chi connectivity index (χ3v) is 3.07. The van der Waals surface area contributed by atoms with Gasteiger partial charge in [-0.2, -0.15) is 0 Å². The molecule has 0 radical (unpaired) electrons. The fourth-order valence-corrected chi connectivity index (χ4v) is 2.02. The van der Waals surface area contributed by atoms with Gasteiger partial charge in [0.25, 0.3) is 5.69 Å². The molecule has 0 unspecified atom stereocenters. The van der Waals surface area contributed by atoms with E-state index in [4.69, 9.17) is 0 Å². The molecular weight excluding hydrogens is 218 g/mol. The lowest BCUT2D eigenvalue weighted by Gasteiger charge is -2.28. The Kier molecular flexibility index (Phi) is 3.58. The Morgan fingerprint density at radius 2 is 2.00 bits per heavy atom. The molecule has 1 N–H and O–H groups in total. The van der Waals surface area contributed by atoms with Crippen molar-refractivity contribution in [2.75, 3.05) is 18.5 Å². The van der Waals surface area contributed by atoms with Gasteiger partial charge in [-0.25, -0.2) is 5.01 Å². The normalized spacial score (nSPS) is 16.8. The molecule has 1 aliphatic rings. The number of nitro groups is 1. The summed E-state index contributed by atoms with van der Waals surface area (Å²) in [4.78, 5) is 10.4. The number of nitrogens with one attached hydrogen (secondary N) is 1. The third-order valence-electron chi connectivity index (χ3n) is 3.07. The number of nitro benzene ring substituents is 1. The molecule has 1 aromatic carbocycles. The van der Waals surface area contributed by atoms with Crippen LogP contribution >= 0.6 is 0 Å². The fourth-order valence-electron chi connectivity index (χ4n) is 2.02. The maximum Gasteiger partial charge on any atom is 0.271 e. The molecule has 1 saturated heterocycles. The van der Waals surface area contributed by atoms with Crippen LogP contribution in [0.2, 0.25) is 0 Å². The van der Waals surface area contributed by atoms with Crippen LogP contribution in [0.1, 0.15) is 24.8 Å². The molecule has 1 fully saturated rings. The van der Waals surface area contributed by atoms with E-state index in [9.17, 15) is 10.1 Å². The highest BCUT2D eigenvalue weighted by Crippen LogP contribution is 2.23. The van der Waals surface area contributed by atoms with E-state index in [-0.39, 0.29) is 10.6 Å². The smallest absolute Gasteiger partial charge is 0.271 e. The molecule has 0 spiro atoms. The van der Waals surface area contributed by atoms with Crippen molar-refractivity contribution in [3.05, 3.63) is 33.9 Å². The molecule has 0 aliphatic carbocycles. The average Bonchev–Trinajstić information content (AvgIpc) is 2.33. The number of hydrogen-bond donors (Lipinski definition) is 1. The highest BCUT2D eigenvalue weighted by Gasteiger charge is 2.13. The predicted molar refractivity (Wildman–Crippen MR) is 66.9 cm³/mol. The highest BCUT2D eigenvalue weighted by molar-refractivity contribution is 5.56. The monoisotopic (exact) mass is 235 g/mol. The van der Waals surface area contributed by atoms with Gasteiger partial charge in [-0.05, 0) is 25.3 Å². The molecule has 1 aliphatic heterocycles. The summed E-state index contributed by atoms with van der Waals surface area (Å²) in [5.41, 5.74) is 5.27. The number of anilines is 1. The molecule has 0 aromatic heterocycles. The first kappa shape index (κ1) is 11.9. The molecule has 5 nitrogen and oxygen atoms in total. The summed E-state index contributed by atoms with van der Waals surface area (Å²) in [5, 5.41) is 12.9. The lowest BCUT2D eigenvalue weighted by atomic mass is 10.1. The van der Waals surface area contributed by atoms with Gasteiger partial charge in [0.1, 0.15) is 0 Å².